The van der Waals surface area contributed by atoms with Gasteiger partial charge in [0, 0.05) is 76.5 Å². The van der Waals surface area contributed by atoms with Crippen LogP contribution < -0.4 is 15.7 Å². The smallest absolute Gasteiger partial charge is 0.423 e. The van der Waals surface area contributed by atoms with Crippen LogP contribution in [0.2, 0.25) is 0 Å². The molecule has 308 valence electrons. The number of nitrogens with one attached hydrogen (secondary N) is 1. The molecule has 0 aliphatic carbocycles. The molecular formula is C46H47BFN5O6S. The molecule has 1 atom stereocenters. The largest absolute Gasteiger partial charge is 0.488 e. The molecule has 0 radical (unpaired) electrons. The molecule has 0 spiro atoms. The molecular weight excluding hydrogens is 780 g/mol. The predicted molar refractivity (Wildman–Crippen MR) is 231 cm³/mol. The van der Waals surface area contributed by atoms with Crippen molar-refractivity contribution in [2.75, 3.05) is 57.3 Å². The highest BCUT2D eigenvalue weighted by atomic mass is 32.1. The molecule has 5 aromatic rings. The lowest BCUT2D eigenvalue weighted by molar-refractivity contribution is -0.136. The molecule has 3 saturated heterocycles. The van der Waals surface area contributed by atoms with E-state index in [0.717, 1.165) is 98.5 Å². The molecule has 14 heteroatoms. The van der Waals surface area contributed by atoms with E-state index in [-0.39, 0.29) is 35.7 Å². The Morgan fingerprint density at radius 3 is 2.23 bits per heavy atom. The maximum Gasteiger partial charge on any atom is 0.488 e. The minimum Gasteiger partial charge on any atom is -0.423 e. The Balaban J connectivity index is 0.745. The SMILES string of the molecule is O=C1CCC(N2Cc3cc(C4CCN(CCCN5CCN(c6ccc(C(=O)c7c(-c8ccc(F)cc8)sc8cc(B(O)O)ccc78)cc6)CC5)CC4)ccc3C2=O)C(=O)N1. The monoisotopic (exact) mass is 827 g/mol. The Labute approximate surface area is 352 Å². The topological polar surface area (TPSA) is 134 Å². The number of hydrogen-bond acceptors (Lipinski definition) is 10. The van der Waals surface area contributed by atoms with Crippen molar-refractivity contribution in [2.24, 2.45) is 0 Å². The number of rotatable bonds is 11. The van der Waals surface area contributed by atoms with Crippen LogP contribution in [0, 0.1) is 5.82 Å². The number of likely N-dealkylation sites (tertiary alicyclic amines) is 1. The summed E-state index contributed by atoms with van der Waals surface area (Å²) in [5.74, 6) is -0.844. The van der Waals surface area contributed by atoms with Gasteiger partial charge in [-0.3, -0.25) is 29.4 Å². The lowest BCUT2D eigenvalue weighted by Crippen LogP contribution is -2.52. The Morgan fingerprint density at radius 2 is 1.53 bits per heavy atom. The highest BCUT2D eigenvalue weighted by Crippen LogP contribution is 2.40. The van der Waals surface area contributed by atoms with Gasteiger partial charge in [-0.1, -0.05) is 36.4 Å². The van der Waals surface area contributed by atoms with Crippen LogP contribution >= 0.6 is 11.3 Å². The summed E-state index contributed by atoms with van der Waals surface area (Å²) in [6.45, 7) is 8.35. The third-order valence-electron chi connectivity index (χ3n) is 12.8. The average Bonchev–Trinajstić information content (AvgIpc) is 3.81. The average molecular weight is 828 g/mol. The highest BCUT2D eigenvalue weighted by Gasteiger charge is 2.39. The Hall–Kier alpha value is -5.25. The van der Waals surface area contributed by atoms with Crippen LogP contribution in [-0.4, -0.2) is 114 Å². The van der Waals surface area contributed by atoms with Crippen molar-refractivity contribution in [3.63, 3.8) is 0 Å². The fraction of sp³-hybridized carbons (Fsp3) is 0.348. The Kier molecular flexibility index (Phi) is 11.4. The molecule has 3 amide bonds. The third-order valence-corrected chi connectivity index (χ3v) is 14.0. The van der Waals surface area contributed by atoms with Gasteiger partial charge in [-0.25, -0.2) is 4.39 Å². The number of halogens is 1. The van der Waals surface area contributed by atoms with Crippen LogP contribution in [0.5, 0.6) is 0 Å². The second-order valence-corrected chi connectivity index (χ2v) is 17.5. The quantitative estimate of drug-likeness (QED) is 0.0979. The summed E-state index contributed by atoms with van der Waals surface area (Å²) in [5.41, 5.74) is 6.11. The first-order chi connectivity index (χ1) is 29.1. The number of amides is 3. The molecule has 5 heterocycles. The van der Waals surface area contributed by atoms with Crippen molar-refractivity contribution in [3.05, 3.63) is 119 Å². The first-order valence-corrected chi connectivity index (χ1v) is 21.7. The van der Waals surface area contributed by atoms with Crippen LogP contribution in [0.3, 0.4) is 0 Å². The second kappa shape index (κ2) is 17.0. The van der Waals surface area contributed by atoms with Gasteiger partial charge in [0.25, 0.3) is 5.91 Å². The molecule has 0 bridgehead atoms. The van der Waals surface area contributed by atoms with E-state index in [1.807, 2.05) is 30.3 Å². The zero-order valence-electron chi connectivity index (χ0n) is 33.3. The number of anilines is 1. The minimum atomic E-state index is -1.63. The third kappa shape index (κ3) is 8.14. The summed E-state index contributed by atoms with van der Waals surface area (Å²) in [6.07, 6.45) is 3.87. The summed E-state index contributed by atoms with van der Waals surface area (Å²) in [7, 11) is -1.63. The number of fused-ring (bicyclic) bond motifs is 2. The van der Waals surface area contributed by atoms with E-state index in [1.165, 1.54) is 29.0 Å². The van der Waals surface area contributed by atoms with Crippen molar-refractivity contribution in [3.8, 4) is 10.4 Å². The zero-order chi connectivity index (χ0) is 41.5. The van der Waals surface area contributed by atoms with Gasteiger partial charge in [0.05, 0.1) is 0 Å². The molecule has 1 aromatic heterocycles. The molecule has 4 aliphatic rings. The van der Waals surface area contributed by atoms with Crippen LogP contribution in [-0.2, 0) is 16.1 Å². The number of carbonyl (C=O) groups excluding carboxylic acids is 4. The number of piperidine rings is 2. The van der Waals surface area contributed by atoms with Crippen molar-refractivity contribution >= 4 is 63.2 Å². The van der Waals surface area contributed by atoms with Crippen LogP contribution in [0.4, 0.5) is 10.1 Å². The van der Waals surface area contributed by atoms with Gasteiger partial charge in [-0.15, -0.1) is 11.3 Å². The van der Waals surface area contributed by atoms with Crippen LogP contribution in [0.15, 0.2) is 84.9 Å². The van der Waals surface area contributed by atoms with E-state index in [9.17, 15) is 33.6 Å². The summed E-state index contributed by atoms with van der Waals surface area (Å²) >= 11 is 1.38. The van der Waals surface area contributed by atoms with Crippen molar-refractivity contribution < 1.29 is 33.6 Å². The Bertz CT molecular complexity index is 2440. The molecule has 60 heavy (non-hydrogen) atoms. The molecule has 1 unspecified atom stereocenters. The minimum absolute atomic E-state index is 0.128. The standard InChI is InChI=1S/C46H47BFN5O6S/c48-35-8-2-31(3-9-35)44-42(38-13-7-34(47(58)59)27-40(38)60-44)43(55)30-4-10-36(11-5-30)52-24-22-51(23-25-52)19-1-18-50-20-16-29(17-21-50)32-6-12-37-33(26-32)28-53(46(37)57)39-14-15-41(54)49-45(39)56/h2-13,26-27,29,39,58-59H,1,14-25,28H2,(H,49,54,56). The molecule has 9 rings (SSSR count). The van der Waals surface area contributed by atoms with Crippen LogP contribution in [0.25, 0.3) is 20.5 Å². The van der Waals surface area contributed by atoms with Crippen molar-refractivity contribution in [1.29, 1.82) is 0 Å². The maximum atomic E-state index is 14.1. The predicted octanol–water partition coefficient (Wildman–Crippen LogP) is 4.77. The summed E-state index contributed by atoms with van der Waals surface area (Å²) < 4.78 is 14.6. The number of hydrogen-bond donors (Lipinski definition) is 3. The van der Waals surface area contributed by atoms with Crippen molar-refractivity contribution in [2.45, 2.75) is 50.6 Å². The van der Waals surface area contributed by atoms with Gasteiger partial charge in [0.1, 0.15) is 11.9 Å². The zero-order valence-corrected chi connectivity index (χ0v) is 34.1. The lowest BCUT2D eigenvalue weighted by atomic mass is 9.80. The molecule has 4 aliphatic heterocycles. The highest BCUT2D eigenvalue weighted by molar-refractivity contribution is 7.23. The summed E-state index contributed by atoms with van der Waals surface area (Å²) in [6, 6.07) is 24.5. The van der Waals surface area contributed by atoms with E-state index >= 15 is 0 Å². The number of imide groups is 1. The van der Waals surface area contributed by atoms with Gasteiger partial charge < -0.3 is 24.7 Å². The number of benzene rings is 4. The number of nitrogens with zero attached hydrogens (tertiary/aromatic N) is 4. The number of piperazine rings is 1. The maximum absolute atomic E-state index is 14.1. The molecule has 3 fully saturated rings. The van der Waals surface area contributed by atoms with E-state index in [4.69, 9.17) is 0 Å². The number of thiophene rings is 1. The first kappa shape index (κ1) is 40.2. The van der Waals surface area contributed by atoms with E-state index in [2.05, 4.69) is 32.1 Å². The van der Waals surface area contributed by atoms with Gasteiger partial charge in [0.2, 0.25) is 11.8 Å². The van der Waals surface area contributed by atoms with E-state index in [0.29, 0.717) is 45.9 Å². The fourth-order valence-electron chi connectivity index (χ4n) is 9.36. The van der Waals surface area contributed by atoms with Crippen LogP contribution in [0.1, 0.15) is 75.4 Å². The normalized spacial score (nSPS) is 19.2. The molecule has 3 N–H and O–H groups in total. The second-order valence-electron chi connectivity index (χ2n) is 16.4. The van der Waals surface area contributed by atoms with E-state index < -0.39 is 13.2 Å². The number of ketones is 1. The van der Waals surface area contributed by atoms with E-state index in [1.54, 1.807) is 35.2 Å². The summed E-state index contributed by atoms with van der Waals surface area (Å²) in [5, 5.41) is 22.6. The molecule has 11 nitrogen and oxygen atoms in total. The fourth-order valence-corrected chi connectivity index (χ4v) is 10.6. The molecule has 0 saturated carbocycles. The van der Waals surface area contributed by atoms with Gasteiger partial charge >= 0.3 is 7.12 Å². The first-order valence-electron chi connectivity index (χ1n) is 20.9. The lowest BCUT2D eigenvalue weighted by Gasteiger charge is -2.37. The van der Waals surface area contributed by atoms with Crippen molar-refractivity contribution in [1.82, 2.24) is 20.0 Å². The Morgan fingerprint density at radius 1 is 0.817 bits per heavy atom. The molecule has 4 aromatic carbocycles. The van der Waals surface area contributed by atoms with Gasteiger partial charge in [-0.05, 0) is 128 Å². The van der Waals surface area contributed by atoms with Gasteiger partial charge in [0.15, 0.2) is 5.78 Å². The van der Waals surface area contributed by atoms with Gasteiger partial charge in [-0.2, -0.15) is 0 Å². The number of carbonyl (C=O) groups is 4. The summed E-state index contributed by atoms with van der Waals surface area (Å²) in [4.78, 5) is 61.1.